The van der Waals surface area contributed by atoms with Crippen molar-refractivity contribution in [3.05, 3.63) is 21.9 Å². The highest BCUT2D eigenvalue weighted by Crippen LogP contribution is 2.34. The van der Waals surface area contributed by atoms with Crippen molar-refractivity contribution in [3.63, 3.8) is 0 Å². The SMILES string of the molecule is O=C(NCCCOCCBr)C1CCCc2sccc21. The van der Waals surface area contributed by atoms with E-state index in [-0.39, 0.29) is 11.8 Å². The number of hydrogen-bond donors (Lipinski definition) is 1. The summed E-state index contributed by atoms with van der Waals surface area (Å²) in [7, 11) is 0. The fourth-order valence-electron chi connectivity index (χ4n) is 2.42. The van der Waals surface area contributed by atoms with Crippen LogP contribution in [0.4, 0.5) is 0 Å². The lowest BCUT2D eigenvalue weighted by atomic mass is 9.87. The summed E-state index contributed by atoms with van der Waals surface area (Å²) in [4.78, 5) is 13.6. The molecule has 106 valence electrons. The lowest BCUT2D eigenvalue weighted by Gasteiger charge is -2.21. The fourth-order valence-corrected chi connectivity index (χ4v) is 3.64. The Morgan fingerprint density at radius 1 is 1.53 bits per heavy atom. The normalized spacial score (nSPS) is 18.1. The van der Waals surface area contributed by atoms with Gasteiger partial charge in [0.2, 0.25) is 5.91 Å². The summed E-state index contributed by atoms with van der Waals surface area (Å²) in [5.41, 5.74) is 1.25. The van der Waals surface area contributed by atoms with Gasteiger partial charge in [0.25, 0.3) is 0 Å². The number of thiophene rings is 1. The first-order chi connectivity index (χ1) is 9.33. The zero-order valence-corrected chi connectivity index (χ0v) is 13.4. The molecule has 3 nitrogen and oxygen atoms in total. The molecule has 1 aromatic rings. The molecular formula is C14H20BrNO2S. The summed E-state index contributed by atoms with van der Waals surface area (Å²) in [6, 6.07) is 2.11. The maximum Gasteiger partial charge on any atom is 0.227 e. The van der Waals surface area contributed by atoms with Gasteiger partial charge in [-0.15, -0.1) is 11.3 Å². The first-order valence-electron chi connectivity index (χ1n) is 6.80. The smallest absolute Gasteiger partial charge is 0.227 e. The van der Waals surface area contributed by atoms with Gasteiger partial charge in [-0.2, -0.15) is 0 Å². The summed E-state index contributed by atoms with van der Waals surface area (Å²) in [6.45, 7) is 2.15. The number of carbonyl (C=O) groups excluding carboxylic acids is 1. The summed E-state index contributed by atoms with van der Waals surface area (Å²) in [5, 5.41) is 6.00. The number of halogens is 1. The van der Waals surface area contributed by atoms with Gasteiger partial charge in [0.15, 0.2) is 0 Å². The predicted octanol–water partition coefficient (Wildman–Crippen LogP) is 3.09. The number of amides is 1. The molecule has 1 aliphatic rings. The number of hydrogen-bond acceptors (Lipinski definition) is 3. The monoisotopic (exact) mass is 345 g/mol. The summed E-state index contributed by atoms with van der Waals surface area (Å²) < 4.78 is 5.36. The van der Waals surface area contributed by atoms with Gasteiger partial charge < -0.3 is 10.1 Å². The zero-order valence-electron chi connectivity index (χ0n) is 11.0. The molecule has 0 aliphatic heterocycles. The Bertz CT molecular complexity index is 408. The van der Waals surface area contributed by atoms with Gasteiger partial charge >= 0.3 is 0 Å². The molecule has 1 aromatic heterocycles. The summed E-state index contributed by atoms with van der Waals surface area (Å²) in [5.74, 6) is 0.248. The summed E-state index contributed by atoms with van der Waals surface area (Å²) >= 11 is 5.09. The van der Waals surface area contributed by atoms with Crippen molar-refractivity contribution in [2.75, 3.05) is 25.1 Å². The Hall–Kier alpha value is -0.390. The van der Waals surface area contributed by atoms with Gasteiger partial charge in [0, 0.05) is 23.4 Å². The number of carbonyl (C=O) groups is 1. The van der Waals surface area contributed by atoms with Crippen LogP contribution < -0.4 is 5.32 Å². The number of fused-ring (bicyclic) bond motifs is 1. The second kappa shape index (κ2) is 8.02. The number of alkyl halides is 1. The van der Waals surface area contributed by atoms with Gasteiger partial charge in [-0.25, -0.2) is 0 Å². The molecule has 1 heterocycles. The molecule has 0 fully saturated rings. The molecule has 0 aromatic carbocycles. The van der Waals surface area contributed by atoms with Crippen molar-refractivity contribution in [1.82, 2.24) is 5.32 Å². The van der Waals surface area contributed by atoms with Crippen LogP contribution in [0.1, 0.15) is 35.6 Å². The third kappa shape index (κ3) is 4.29. The lowest BCUT2D eigenvalue weighted by molar-refractivity contribution is -0.122. The lowest BCUT2D eigenvalue weighted by Crippen LogP contribution is -2.32. The van der Waals surface area contributed by atoms with Gasteiger partial charge in [-0.1, -0.05) is 15.9 Å². The predicted molar refractivity (Wildman–Crippen MR) is 82.2 cm³/mol. The molecule has 0 spiro atoms. The van der Waals surface area contributed by atoms with Crippen LogP contribution >= 0.6 is 27.3 Å². The van der Waals surface area contributed by atoms with E-state index in [2.05, 4.69) is 32.7 Å². The second-order valence-corrected chi connectivity index (χ2v) is 6.48. The second-order valence-electron chi connectivity index (χ2n) is 4.69. The van der Waals surface area contributed by atoms with Crippen molar-refractivity contribution in [1.29, 1.82) is 0 Å². The number of aryl methyl sites for hydroxylation is 1. The Balaban J connectivity index is 1.73. The molecule has 1 unspecified atom stereocenters. The molecule has 0 saturated carbocycles. The maximum absolute atomic E-state index is 12.2. The Kier molecular flexibility index (Phi) is 6.34. The van der Waals surface area contributed by atoms with Crippen LogP contribution in [-0.4, -0.2) is 31.0 Å². The summed E-state index contributed by atoms with van der Waals surface area (Å²) in [6.07, 6.45) is 4.12. The van der Waals surface area contributed by atoms with Gasteiger partial charge in [-0.05, 0) is 42.7 Å². The topological polar surface area (TPSA) is 38.3 Å². The third-order valence-electron chi connectivity index (χ3n) is 3.35. The number of nitrogens with one attached hydrogen (secondary N) is 1. The molecule has 0 saturated heterocycles. The molecule has 19 heavy (non-hydrogen) atoms. The van der Waals surface area contributed by atoms with Gasteiger partial charge in [-0.3, -0.25) is 4.79 Å². The van der Waals surface area contributed by atoms with Crippen molar-refractivity contribution < 1.29 is 9.53 Å². The number of ether oxygens (including phenoxy) is 1. The molecule has 2 rings (SSSR count). The van der Waals surface area contributed by atoms with Crippen LogP contribution in [0, 0.1) is 0 Å². The first kappa shape index (κ1) is 15.0. The van der Waals surface area contributed by atoms with Crippen LogP contribution in [0.5, 0.6) is 0 Å². The number of rotatable bonds is 7. The molecule has 5 heteroatoms. The first-order valence-corrected chi connectivity index (χ1v) is 8.80. The minimum Gasteiger partial charge on any atom is -0.381 e. The molecule has 1 N–H and O–H groups in total. The molecule has 1 atom stereocenters. The fraction of sp³-hybridized carbons (Fsp3) is 0.643. The quantitative estimate of drug-likeness (QED) is 0.609. The average molecular weight is 346 g/mol. The van der Waals surface area contributed by atoms with Gasteiger partial charge in [0.1, 0.15) is 0 Å². The highest BCUT2D eigenvalue weighted by Gasteiger charge is 2.26. The molecule has 1 aliphatic carbocycles. The van der Waals surface area contributed by atoms with Crippen LogP contribution in [0.3, 0.4) is 0 Å². The van der Waals surface area contributed by atoms with Crippen LogP contribution in [0.25, 0.3) is 0 Å². The minimum absolute atomic E-state index is 0.0680. The zero-order chi connectivity index (χ0) is 13.5. The molecule has 1 amide bonds. The van der Waals surface area contributed by atoms with E-state index in [1.54, 1.807) is 11.3 Å². The largest absolute Gasteiger partial charge is 0.381 e. The van der Waals surface area contributed by atoms with Crippen molar-refractivity contribution in [2.24, 2.45) is 0 Å². The van der Waals surface area contributed by atoms with Crippen molar-refractivity contribution in [2.45, 2.75) is 31.6 Å². The maximum atomic E-state index is 12.2. The minimum atomic E-state index is 0.0680. The van der Waals surface area contributed by atoms with E-state index in [4.69, 9.17) is 4.74 Å². The van der Waals surface area contributed by atoms with Crippen LogP contribution in [-0.2, 0) is 16.0 Å². The van der Waals surface area contributed by atoms with Crippen molar-refractivity contribution in [3.8, 4) is 0 Å². The van der Waals surface area contributed by atoms with E-state index in [0.29, 0.717) is 13.2 Å². The third-order valence-corrected chi connectivity index (χ3v) is 4.67. The van der Waals surface area contributed by atoms with E-state index in [9.17, 15) is 4.79 Å². The molecule has 0 radical (unpaired) electrons. The average Bonchev–Trinajstić information content (AvgIpc) is 2.90. The highest BCUT2D eigenvalue weighted by molar-refractivity contribution is 9.09. The van der Waals surface area contributed by atoms with E-state index in [1.165, 1.54) is 10.4 Å². The Morgan fingerprint density at radius 2 is 2.42 bits per heavy atom. The van der Waals surface area contributed by atoms with E-state index >= 15 is 0 Å². The van der Waals surface area contributed by atoms with Crippen LogP contribution in [0.15, 0.2) is 11.4 Å². The Morgan fingerprint density at radius 3 is 3.26 bits per heavy atom. The highest BCUT2D eigenvalue weighted by atomic mass is 79.9. The Labute approximate surface area is 126 Å². The van der Waals surface area contributed by atoms with Crippen molar-refractivity contribution >= 4 is 33.2 Å². The molecular weight excluding hydrogens is 326 g/mol. The van der Waals surface area contributed by atoms with E-state index in [0.717, 1.165) is 37.6 Å². The standard InChI is InChI=1S/C14H20BrNO2S/c15-6-9-18-8-2-7-16-14(17)12-3-1-4-13-11(12)5-10-19-13/h5,10,12H,1-4,6-9H2,(H,16,17). The van der Waals surface area contributed by atoms with Crippen LogP contribution in [0.2, 0.25) is 0 Å². The van der Waals surface area contributed by atoms with E-state index < -0.39 is 0 Å². The molecule has 0 bridgehead atoms. The van der Waals surface area contributed by atoms with Gasteiger partial charge in [0.05, 0.1) is 12.5 Å². The van der Waals surface area contributed by atoms with E-state index in [1.807, 2.05) is 0 Å².